The molecule has 2 heterocycles. The molecule has 1 aromatic carbocycles. The van der Waals surface area contributed by atoms with E-state index in [0.29, 0.717) is 13.0 Å². The van der Waals surface area contributed by atoms with E-state index in [-0.39, 0.29) is 36.8 Å². The summed E-state index contributed by atoms with van der Waals surface area (Å²) in [7, 11) is 0. The molecule has 0 spiro atoms. The quantitative estimate of drug-likeness (QED) is 0.819. The maximum Gasteiger partial charge on any atom is 0.225 e. The zero-order valence-corrected chi connectivity index (χ0v) is 15.5. The van der Waals surface area contributed by atoms with Crippen molar-refractivity contribution in [3.8, 4) is 0 Å². The van der Waals surface area contributed by atoms with Crippen LogP contribution in [0.5, 0.6) is 0 Å². The highest BCUT2D eigenvalue weighted by atomic mass is 35.5. The van der Waals surface area contributed by atoms with Crippen LogP contribution in [-0.4, -0.2) is 44.8 Å². The SMILES string of the molecule is Cl.Cl.O=C(CC1CSCCN1)Nc1ccc(Cn2cncn2)cc1. The van der Waals surface area contributed by atoms with Gasteiger partial charge in [-0.15, -0.1) is 24.8 Å². The normalized spacial score (nSPS) is 16.6. The molecule has 1 unspecified atom stereocenters. The Labute approximate surface area is 158 Å². The van der Waals surface area contributed by atoms with Crippen LogP contribution >= 0.6 is 36.6 Å². The Morgan fingerprint density at radius 2 is 2.12 bits per heavy atom. The Morgan fingerprint density at radius 1 is 1.33 bits per heavy atom. The second-order valence-corrected chi connectivity index (χ2v) is 6.42. The summed E-state index contributed by atoms with van der Waals surface area (Å²) < 4.78 is 1.76. The molecule has 1 aliphatic heterocycles. The molecule has 0 radical (unpaired) electrons. The number of hydrogen-bond donors (Lipinski definition) is 2. The number of aromatic nitrogens is 3. The molecule has 1 saturated heterocycles. The Bertz CT molecular complexity index is 603. The van der Waals surface area contributed by atoms with E-state index in [9.17, 15) is 4.79 Å². The van der Waals surface area contributed by atoms with Crippen LogP contribution in [0, 0.1) is 0 Å². The van der Waals surface area contributed by atoms with Crippen molar-refractivity contribution in [2.24, 2.45) is 0 Å². The third kappa shape index (κ3) is 6.32. The first-order valence-electron chi connectivity index (χ1n) is 7.32. The second-order valence-electron chi connectivity index (χ2n) is 5.27. The van der Waals surface area contributed by atoms with Crippen molar-refractivity contribution in [3.63, 3.8) is 0 Å². The van der Waals surface area contributed by atoms with Gasteiger partial charge in [0, 0.05) is 36.2 Å². The first-order chi connectivity index (χ1) is 10.8. The molecule has 9 heteroatoms. The van der Waals surface area contributed by atoms with E-state index in [2.05, 4.69) is 20.7 Å². The van der Waals surface area contributed by atoms with Crippen molar-refractivity contribution in [3.05, 3.63) is 42.5 Å². The molecule has 3 rings (SSSR count). The molecule has 2 N–H and O–H groups in total. The maximum absolute atomic E-state index is 12.0. The summed E-state index contributed by atoms with van der Waals surface area (Å²) in [5, 5.41) is 10.4. The van der Waals surface area contributed by atoms with Crippen molar-refractivity contribution in [2.45, 2.75) is 19.0 Å². The number of nitrogens with one attached hydrogen (secondary N) is 2. The number of benzene rings is 1. The zero-order valence-electron chi connectivity index (χ0n) is 13.1. The molecule has 0 saturated carbocycles. The van der Waals surface area contributed by atoms with Crippen molar-refractivity contribution >= 4 is 48.2 Å². The predicted molar refractivity (Wildman–Crippen MR) is 102 cm³/mol. The van der Waals surface area contributed by atoms with E-state index >= 15 is 0 Å². The van der Waals surface area contributed by atoms with Crippen molar-refractivity contribution in [2.75, 3.05) is 23.4 Å². The van der Waals surface area contributed by atoms with E-state index in [1.165, 1.54) is 6.33 Å². The monoisotopic (exact) mass is 389 g/mol. The van der Waals surface area contributed by atoms with Crippen molar-refractivity contribution in [1.82, 2.24) is 20.1 Å². The molecule has 1 amide bonds. The van der Waals surface area contributed by atoms with Crippen molar-refractivity contribution in [1.29, 1.82) is 0 Å². The third-order valence-corrected chi connectivity index (χ3v) is 4.61. The minimum atomic E-state index is 0. The molecule has 132 valence electrons. The lowest BCUT2D eigenvalue weighted by Crippen LogP contribution is -2.39. The van der Waals surface area contributed by atoms with Gasteiger partial charge in [0.05, 0.1) is 6.54 Å². The van der Waals surface area contributed by atoms with Gasteiger partial charge in [-0.05, 0) is 17.7 Å². The molecule has 6 nitrogen and oxygen atoms in total. The summed E-state index contributed by atoms with van der Waals surface area (Å²) in [6.07, 6.45) is 3.73. The van der Waals surface area contributed by atoms with Crippen LogP contribution in [0.2, 0.25) is 0 Å². The highest BCUT2D eigenvalue weighted by Crippen LogP contribution is 2.13. The van der Waals surface area contributed by atoms with Gasteiger partial charge in [0.15, 0.2) is 0 Å². The molecule has 1 fully saturated rings. The fraction of sp³-hybridized carbons (Fsp3) is 0.400. The Hall–Kier alpha value is -1.28. The molecule has 1 aliphatic rings. The number of nitrogens with zero attached hydrogens (tertiary/aromatic N) is 3. The van der Waals surface area contributed by atoms with E-state index in [1.54, 1.807) is 11.0 Å². The van der Waals surface area contributed by atoms with Crippen molar-refractivity contribution < 1.29 is 4.79 Å². The van der Waals surface area contributed by atoms with Crippen LogP contribution in [0.25, 0.3) is 0 Å². The van der Waals surface area contributed by atoms with Crippen LogP contribution in [-0.2, 0) is 11.3 Å². The number of halogens is 2. The van der Waals surface area contributed by atoms with E-state index in [0.717, 1.165) is 29.3 Å². The summed E-state index contributed by atoms with van der Waals surface area (Å²) in [5.74, 6) is 2.19. The predicted octanol–water partition coefficient (Wildman–Crippen LogP) is 2.20. The number of carbonyl (C=O) groups is 1. The number of carbonyl (C=O) groups excluding carboxylic acids is 1. The largest absolute Gasteiger partial charge is 0.326 e. The lowest BCUT2D eigenvalue weighted by atomic mass is 10.2. The molecule has 2 aromatic rings. The topological polar surface area (TPSA) is 71.8 Å². The number of anilines is 1. The van der Waals surface area contributed by atoms with E-state index in [4.69, 9.17) is 0 Å². The van der Waals surface area contributed by atoms with Gasteiger partial charge in [0.2, 0.25) is 5.91 Å². The highest BCUT2D eigenvalue weighted by Gasteiger charge is 2.16. The van der Waals surface area contributed by atoms with Gasteiger partial charge in [-0.25, -0.2) is 9.67 Å². The lowest BCUT2D eigenvalue weighted by Gasteiger charge is -2.22. The van der Waals surface area contributed by atoms with E-state index < -0.39 is 0 Å². The Kier molecular flexibility index (Phi) is 9.13. The minimum absolute atomic E-state index is 0. The van der Waals surface area contributed by atoms with E-state index in [1.807, 2.05) is 36.0 Å². The van der Waals surface area contributed by atoms with Gasteiger partial charge >= 0.3 is 0 Å². The average molecular weight is 390 g/mol. The van der Waals surface area contributed by atoms with Crippen LogP contribution in [0.15, 0.2) is 36.9 Å². The maximum atomic E-state index is 12.0. The third-order valence-electron chi connectivity index (χ3n) is 3.48. The summed E-state index contributed by atoms with van der Waals surface area (Å²) in [6.45, 7) is 1.66. The van der Waals surface area contributed by atoms with Gasteiger partial charge in [-0.1, -0.05) is 12.1 Å². The minimum Gasteiger partial charge on any atom is -0.326 e. The Balaban J connectivity index is 0.00000144. The molecular weight excluding hydrogens is 369 g/mol. The molecule has 24 heavy (non-hydrogen) atoms. The van der Waals surface area contributed by atoms with Crippen LogP contribution in [0.3, 0.4) is 0 Å². The van der Waals surface area contributed by atoms with Crippen LogP contribution < -0.4 is 10.6 Å². The first kappa shape index (κ1) is 20.8. The summed E-state index contributed by atoms with van der Waals surface area (Å²) in [4.78, 5) is 16.0. The van der Waals surface area contributed by atoms with Gasteiger partial charge in [0.1, 0.15) is 12.7 Å². The second kappa shape index (κ2) is 10.6. The molecule has 1 atom stereocenters. The number of thioether (sulfide) groups is 1. The highest BCUT2D eigenvalue weighted by molar-refractivity contribution is 7.99. The molecule has 0 aliphatic carbocycles. The fourth-order valence-corrected chi connectivity index (χ4v) is 3.33. The lowest BCUT2D eigenvalue weighted by molar-refractivity contribution is -0.116. The van der Waals surface area contributed by atoms with Gasteiger partial charge in [-0.2, -0.15) is 16.9 Å². The smallest absolute Gasteiger partial charge is 0.225 e. The fourth-order valence-electron chi connectivity index (χ4n) is 2.38. The summed E-state index contributed by atoms with van der Waals surface area (Å²) in [5.41, 5.74) is 1.95. The van der Waals surface area contributed by atoms with Gasteiger partial charge in [0.25, 0.3) is 0 Å². The van der Waals surface area contributed by atoms with Crippen LogP contribution in [0.1, 0.15) is 12.0 Å². The molecular formula is C15H21Cl2N5OS. The molecule has 0 bridgehead atoms. The molecule has 1 aromatic heterocycles. The van der Waals surface area contributed by atoms with Crippen LogP contribution in [0.4, 0.5) is 5.69 Å². The van der Waals surface area contributed by atoms with Gasteiger partial charge in [-0.3, -0.25) is 4.79 Å². The van der Waals surface area contributed by atoms with Gasteiger partial charge < -0.3 is 10.6 Å². The standard InChI is InChI=1S/C15H19N5OS.2ClH/c21-15(7-14-9-22-6-5-17-14)19-13-3-1-12(2-4-13)8-20-11-16-10-18-20;;/h1-4,10-11,14,17H,5-9H2,(H,19,21);2*1H. The number of hydrogen-bond acceptors (Lipinski definition) is 5. The number of rotatable bonds is 5. The zero-order chi connectivity index (χ0) is 15.2. The summed E-state index contributed by atoms with van der Waals surface area (Å²) >= 11 is 1.90. The number of amides is 1. The first-order valence-corrected chi connectivity index (χ1v) is 8.47. The Morgan fingerprint density at radius 3 is 2.75 bits per heavy atom. The average Bonchev–Trinajstić information content (AvgIpc) is 3.03. The summed E-state index contributed by atoms with van der Waals surface area (Å²) in [6, 6.07) is 8.11.